The Hall–Kier alpha value is -3.35. The van der Waals surface area contributed by atoms with E-state index in [1.165, 1.54) is 7.11 Å². The fourth-order valence-electron chi connectivity index (χ4n) is 2.65. The van der Waals surface area contributed by atoms with Crippen molar-refractivity contribution >= 4 is 18.3 Å². The van der Waals surface area contributed by atoms with Crippen molar-refractivity contribution in [3.63, 3.8) is 0 Å². The Morgan fingerprint density at radius 1 is 0.966 bits per heavy atom. The van der Waals surface area contributed by atoms with E-state index in [2.05, 4.69) is 15.4 Å². The molecule has 0 saturated carbocycles. The molecule has 29 heavy (non-hydrogen) atoms. The van der Waals surface area contributed by atoms with E-state index in [0.29, 0.717) is 12.0 Å². The molecular formula is C22H26N2O5. The molecule has 2 rings (SSSR count). The minimum atomic E-state index is -0.866. The van der Waals surface area contributed by atoms with Crippen LogP contribution in [0.3, 0.4) is 0 Å². The second-order valence-electron chi connectivity index (χ2n) is 6.81. The maximum atomic E-state index is 12.1. The van der Waals surface area contributed by atoms with Gasteiger partial charge in [-0.05, 0) is 29.2 Å². The SMILES string of the molecule is COC(=O)[C@H](NC(=O)N[C@H](C=O)COc1ccc(-c2ccccc2)cc1)C(C)C. The molecule has 0 fully saturated rings. The molecule has 0 radical (unpaired) electrons. The standard InChI is InChI=1S/C22H26N2O5/c1-15(2)20(21(26)28-3)24-22(27)23-18(13-25)14-29-19-11-9-17(10-12-19)16-7-5-4-6-8-16/h4-13,15,18,20H,14H2,1-3H3,(H2,23,24,27)/t18-,20-/m1/s1. The van der Waals surface area contributed by atoms with Gasteiger partial charge in [0.1, 0.15) is 30.7 Å². The third kappa shape index (κ3) is 6.64. The molecule has 2 aromatic carbocycles. The fraction of sp³-hybridized carbons (Fsp3) is 0.318. The van der Waals surface area contributed by atoms with E-state index in [0.717, 1.165) is 11.1 Å². The number of methoxy groups -OCH3 is 1. The van der Waals surface area contributed by atoms with Crippen LogP contribution >= 0.6 is 0 Å². The van der Waals surface area contributed by atoms with Crippen LogP contribution in [0.4, 0.5) is 4.79 Å². The molecule has 7 nitrogen and oxygen atoms in total. The molecule has 0 unspecified atom stereocenters. The molecule has 0 saturated heterocycles. The van der Waals surface area contributed by atoms with Crippen LogP contribution in [-0.4, -0.2) is 44.1 Å². The first-order valence-electron chi connectivity index (χ1n) is 9.33. The number of aldehydes is 1. The van der Waals surface area contributed by atoms with E-state index in [9.17, 15) is 14.4 Å². The van der Waals surface area contributed by atoms with Crippen LogP contribution in [0, 0.1) is 5.92 Å². The fourth-order valence-corrected chi connectivity index (χ4v) is 2.65. The highest BCUT2D eigenvalue weighted by Crippen LogP contribution is 2.22. The van der Waals surface area contributed by atoms with Gasteiger partial charge in [0.15, 0.2) is 0 Å². The van der Waals surface area contributed by atoms with Crippen LogP contribution in [-0.2, 0) is 14.3 Å². The molecule has 0 heterocycles. The van der Waals surface area contributed by atoms with Crippen LogP contribution in [0.1, 0.15) is 13.8 Å². The topological polar surface area (TPSA) is 93.7 Å². The van der Waals surface area contributed by atoms with E-state index < -0.39 is 24.1 Å². The van der Waals surface area contributed by atoms with E-state index in [4.69, 9.17) is 4.74 Å². The van der Waals surface area contributed by atoms with E-state index in [1.807, 2.05) is 42.5 Å². The predicted molar refractivity (Wildman–Crippen MR) is 110 cm³/mol. The first kappa shape index (κ1) is 21.9. The number of hydrogen-bond acceptors (Lipinski definition) is 5. The van der Waals surface area contributed by atoms with E-state index >= 15 is 0 Å². The number of nitrogens with one attached hydrogen (secondary N) is 2. The minimum Gasteiger partial charge on any atom is -0.491 e. The van der Waals surface area contributed by atoms with Gasteiger partial charge < -0.3 is 24.9 Å². The van der Waals surface area contributed by atoms with Gasteiger partial charge in [0.2, 0.25) is 0 Å². The predicted octanol–water partition coefficient (Wildman–Crippen LogP) is 2.80. The van der Waals surface area contributed by atoms with Crippen molar-refractivity contribution in [3.8, 4) is 16.9 Å². The first-order chi connectivity index (χ1) is 13.9. The molecule has 0 aliphatic heterocycles. The van der Waals surface area contributed by atoms with Crippen molar-refractivity contribution < 1.29 is 23.9 Å². The molecule has 2 N–H and O–H groups in total. The van der Waals surface area contributed by atoms with Gasteiger partial charge in [0.25, 0.3) is 0 Å². The van der Waals surface area contributed by atoms with Gasteiger partial charge in [-0.2, -0.15) is 0 Å². The monoisotopic (exact) mass is 398 g/mol. The van der Waals surface area contributed by atoms with Crippen molar-refractivity contribution in [1.82, 2.24) is 10.6 Å². The maximum absolute atomic E-state index is 12.1. The van der Waals surface area contributed by atoms with Crippen LogP contribution in [0.2, 0.25) is 0 Å². The van der Waals surface area contributed by atoms with Crippen molar-refractivity contribution in [2.45, 2.75) is 25.9 Å². The van der Waals surface area contributed by atoms with Gasteiger partial charge in [0.05, 0.1) is 7.11 Å². The third-order valence-electron chi connectivity index (χ3n) is 4.28. The third-order valence-corrected chi connectivity index (χ3v) is 4.28. The smallest absolute Gasteiger partial charge is 0.328 e. The summed E-state index contributed by atoms with van der Waals surface area (Å²) >= 11 is 0. The Balaban J connectivity index is 1.89. The Bertz CT molecular complexity index is 806. The molecule has 2 amide bonds. The van der Waals surface area contributed by atoms with Gasteiger partial charge in [-0.15, -0.1) is 0 Å². The number of benzene rings is 2. The van der Waals surface area contributed by atoms with Gasteiger partial charge in [0, 0.05) is 0 Å². The average molecular weight is 398 g/mol. The lowest BCUT2D eigenvalue weighted by Crippen LogP contribution is -2.52. The number of carbonyl (C=O) groups excluding carboxylic acids is 3. The lowest BCUT2D eigenvalue weighted by atomic mass is 10.1. The van der Waals surface area contributed by atoms with Crippen LogP contribution in [0.15, 0.2) is 54.6 Å². The summed E-state index contributed by atoms with van der Waals surface area (Å²) in [5.41, 5.74) is 2.14. The first-order valence-corrected chi connectivity index (χ1v) is 9.33. The number of hydrogen-bond donors (Lipinski definition) is 2. The van der Waals surface area contributed by atoms with Gasteiger partial charge >= 0.3 is 12.0 Å². The van der Waals surface area contributed by atoms with Gasteiger partial charge in [-0.3, -0.25) is 0 Å². The highest BCUT2D eigenvalue weighted by atomic mass is 16.5. The molecular weight excluding hydrogens is 372 g/mol. The zero-order chi connectivity index (χ0) is 21.2. The van der Waals surface area contributed by atoms with Gasteiger partial charge in [-0.25, -0.2) is 9.59 Å². The molecule has 0 spiro atoms. The number of esters is 1. The molecule has 0 aliphatic rings. The normalized spacial score (nSPS) is 12.6. The molecule has 154 valence electrons. The molecule has 7 heteroatoms. The van der Waals surface area contributed by atoms with Crippen LogP contribution in [0.5, 0.6) is 5.75 Å². The highest BCUT2D eigenvalue weighted by Gasteiger charge is 2.25. The number of urea groups is 1. The minimum absolute atomic E-state index is 0.0355. The quantitative estimate of drug-likeness (QED) is 0.500. The Morgan fingerprint density at radius 3 is 2.14 bits per heavy atom. The summed E-state index contributed by atoms with van der Waals surface area (Å²) in [4.78, 5) is 35.1. The molecule has 0 aromatic heterocycles. The summed E-state index contributed by atoms with van der Waals surface area (Å²) in [7, 11) is 1.25. The summed E-state index contributed by atoms with van der Waals surface area (Å²) < 4.78 is 10.3. The number of ether oxygens (including phenoxy) is 2. The van der Waals surface area contributed by atoms with Gasteiger partial charge in [-0.1, -0.05) is 56.3 Å². The van der Waals surface area contributed by atoms with Crippen LogP contribution < -0.4 is 15.4 Å². The summed E-state index contributed by atoms with van der Waals surface area (Å²) in [6.07, 6.45) is 0.584. The van der Waals surface area contributed by atoms with E-state index in [1.54, 1.807) is 26.0 Å². The Kier molecular flexibility index (Phi) is 8.21. The summed E-state index contributed by atoms with van der Waals surface area (Å²) in [6.45, 7) is 3.52. The summed E-state index contributed by atoms with van der Waals surface area (Å²) in [5, 5.41) is 5.00. The average Bonchev–Trinajstić information content (AvgIpc) is 2.75. The lowest BCUT2D eigenvalue weighted by Gasteiger charge is -2.21. The number of amides is 2. The molecule has 2 aromatic rings. The summed E-state index contributed by atoms with van der Waals surface area (Å²) in [5.74, 6) is -0.136. The maximum Gasteiger partial charge on any atom is 0.328 e. The van der Waals surface area contributed by atoms with Crippen molar-refractivity contribution in [2.75, 3.05) is 13.7 Å². The molecule has 0 aliphatic carbocycles. The van der Waals surface area contributed by atoms with Crippen molar-refractivity contribution in [2.24, 2.45) is 5.92 Å². The second kappa shape index (κ2) is 10.8. The molecule has 2 atom stereocenters. The van der Waals surface area contributed by atoms with Crippen LogP contribution in [0.25, 0.3) is 11.1 Å². The Morgan fingerprint density at radius 2 is 1.59 bits per heavy atom. The zero-order valence-electron chi connectivity index (χ0n) is 16.8. The lowest BCUT2D eigenvalue weighted by molar-refractivity contribution is -0.143. The summed E-state index contributed by atoms with van der Waals surface area (Å²) in [6, 6.07) is 15.0. The largest absolute Gasteiger partial charge is 0.491 e. The van der Waals surface area contributed by atoms with Crippen molar-refractivity contribution in [3.05, 3.63) is 54.6 Å². The van der Waals surface area contributed by atoms with E-state index in [-0.39, 0.29) is 12.5 Å². The number of rotatable bonds is 9. The Labute approximate surface area is 170 Å². The van der Waals surface area contributed by atoms with Crippen molar-refractivity contribution in [1.29, 1.82) is 0 Å². The number of carbonyl (C=O) groups is 3. The second-order valence-corrected chi connectivity index (χ2v) is 6.81. The highest BCUT2D eigenvalue weighted by molar-refractivity contribution is 5.85. The zero-order valence-corrected chi connectivity index (χ0v) is 16.8. The molecule has 0 bridgehead atoms.